The summed E-state index contributed by atoms with van der Waals surface area (Å²) >= 11 is 0. The molecule has 0 aliphatic heterocycles. The normalized spacial score (nSPS) is 11.6. The fraction of sp³-hybridized carbons (Fsp3) is 0.692. The third kappa shape index (κ3) is 6.35. The molecular weight excluding hydrogens is 244 g/mol. The number of hydrogen-bond donors (Lipinski definition) is 2. The Morgan fingerprint density at radius 3 is 2.84 bits per heavy atom. The number of carbonyl (C=O) groups is 1. The zero-order chi connectivity index (χ0) is 14.3. The van der Waals surface area contributed by atoms with E-state index in [1.54, 1.807) is 13.3 Å². The number of aromatic nitrogens is 2. The molecule has 0 atom stereocenters. The topological polar surface area (TPSA) is 68.2 Å². The van der Waals surface area contributed by atoms with Crippen LogP contribution in [0.1, 0.15) is 26.6 Å². The summed E-state index contributed by atoms with van der Waals surface area (Å²) in [6.07, 6.45) is 3.52. The summed E-state index contributed by atoms with van der Waals surface area (Å²) in [5.41, 5.74) is -0.214. The molecule has 0 saturated carbocycles. The van der Waals surface area contributed by atoms with Crippen molar-refractivity contribution >= 4 is 5.91 Å². The number of rotatable bonds is 7. The standard InChI is InChI=1S/C13H24N4O2/c1-13(2,3)16-12(18)10-17-7-5-15-11(17)9-14-6-8-19-4/h5,7,14H,6,8-10H2,1-4H3,(H,16,18). The van der Waals surface area contributed by atoms with E-state index in [0.29, 0.717) is 19.7 Å². The fourth-order valence-electron chi connectivity index (χ4n) is 1.64. The first-order valence-corrected chi connectivity index (χ1v) is 6.43. The van der Waals surface area contributed by atoms with Gasteiger partial charge in [0, 0.05) is 31.6 Å². The van der Waals surface area contributed by atoms with E-state index in [2.05, 4.69) is 15.6 Å². The van der Waals surface area contributed by atoms with Gasteiger partial charge < -0.3 is 19.9 Å². The molecule has 19 heavy (non-hydrogen) atoms. The number of nitrogens with one attached hydrogen (secondary N) is 2. The molecule has 6 nitrogen and oxygen atoms in total. The van der Waals surface area contributed by atoms with Crippen molar-refractivity contribution in [3.63, 3.8) is 0 Å². The summed E-state index contributed by atoms with van der Waals surface area (Å²) in [4.78, 5) is 16.1. The van der Waals surface area contributed by atoms with Crippen molar-refractivity contribution in [2.45, 2.75) is 39.4 Å². The van der Waals surface area contributed by atoms with Crippen LogP contribution in [-0.2, 0) is 22.6 Å². The van der Waals surface area contributed by atoms with E-state index in [0.717, 1.165) is 12.4 Å². The Balaban J connectivity index is 2.46. The molecule has 0 aromatic carbocycles. The number of carbonyl (C=O) groups excluding carboxylic acids is 1. The molecule has 108 valence electrons. The van der Waals surface area contributed by atoms with Gasteiger partial charge in [-0.15, -0.1) is 0 Å². The molecule has 0 saturated heterocycles. The van der Waals surface area contributed by atoms with E-state index in [1.807, 2.05) is 31.5 Å². The summed E-state index contributed by atoms with van der Waals surface area (Å²) in [7, 11) is 1.67. The van der Waals surface area contributed by atoms with Crippen molar-refractivity contribution in [1.82, 2.24) is 20.2 Å². The molecule has 0 spiro atoms. The smallest absolute Gasteiger partial charge is 0.240 e. The van der Waals surface area contributed by atoms with Gasteiger partial charge in [0.2, 0.25) is 5.91 Å². The Bertz CT molecular complexity index is 396. The number of nitrogens with zero attached hydrogens (tertiary/aromatic N) is 2. The molecule has 2 N–H and O–H groups in total. The van der Waals surface area contributed by atoms with Gasteiger partial charge >= 0.3 is 0 Å². The number of amides is 1. The highest BCUT2D eigenvalue weighted by atomic mass is 16.5. The van der Waals surface area contributed by atoms with E-state index in [4.69, 9.17) is 4.74 Å². The minimum atomic E-state index is -0.214. The SMILES string of the molecule is COCCNCc1nccn1CC(=O)NC(C)(C)C. The van der Waals surface area contributed by atoms with Crippen LogP contribution in [0.25, 0.3) is 0 Å². The van der Waals surface area contributed by atoms with Gasteiger partial charge in [0.05, 0.1) is 13.2 Å². The van der Waals surface area contributed by atoms with Crippen molar-refractivity contribution in [1.29, 1.82) is 0 Å². The number of hydrogen-bond acceptors (Lipinski definition) is 4. The van der Waals surface area contributed by atoms with Crippen LogP contribution in [0.5, 0.6) is 0 Å². The minimum Gasteiger partial charge on any atom is -0.383 e. The molecule has 0 bridgehead atoms. The molecular formula is C13H24N4O2. The highest BCUT2D eigenvalue weighted by Gasteiger charge is 2.14. The maximum Gasteiger partial charge on any atom is 0.240 e. The maximum atomic E-state index is 11.9. The summed E-state index contributed by atoms with van der Waals surface area (Å²) in [5.74, 6) is 0.837. The molecule has 1 amide bonds. The lowest BCUT2D eigenvalue weighted by atomic mass is 10.1. The third-order valence-electron chi connectivity index (χ3n) is 2.40. The first-order valence-electron chi connectivity index (χ1n) is 6.43. The molecule has 0 fully saturated rings. The molecule has 1 aromatic rings. The molecule has 0 aliphatic rings. The Hall–Kier alpha value is -1.40. The first kappa shape index (κ1) is 15.7. The zero-order valence-electron chi connectivity index (χ0n) is 12.2. The zero-order valence-corrected chi connectivity index (χ0v) is 12.2. The van der Waals surface area contributed by atoms with Gasteiger partial charge in [-0.25, -0.2) is 4.98 Å². The van der Waals surface area contributed by atoms with E-state index < -0.39 is 0 Å². The van der Waals surface area contributed by atoms with Gasteiger partial charge in [0.25, 0.3) is 0 Å². The predicted molar refractivity (Wildman–Crippen MR) is 73.7 cm³/mol. The summed E-state index contributed by atoms with van der Waals surface area (Å²) in [6.45, 7) is 8.23. The van der Waals surface area contributed by atoms with Crippen LogP contribution in [0.3, 0.4) is 0 Å². The molecule has 1 rings (SSSR count). The first-order chi connectivity index (χ1) is 8.92. The van der Waals surface area contributed by atoms with Gasteiger partial charge in [-0.3, -0.25) is 4.79 Å². The number of methoxy groups -OCH3 is 1. The van der Waals surface area contributed by atoms with Crippen molar-refractivity contribution in [3.8, 4) is 0 Å². The summed E-state index contributed by atoms with van der Waals surface area (Å²) < 4.78 is 6.81. The Labute approximate surface area is 114 Å². The number of imidazole rings is 1. The van der Waals surface area contributed by atoms with Crippen LogP contribution in [0.15, 0.2) is 12.4 Å². The predicted octanol–water partition coefficient (Wildman–Crippen LogP) is 0.534. The summed E-state index contributed by atoms with van der Waals surface area (Å²) in [5, 5.41) is 6.14. The molecule has 0 aliphatic carbocycles. The average Bonchev–Trinajstić information content (AvgIpc) is 2.69. The second-order valence-corrected chi connectivity index (χ2v) is 5.44. The highest BCUT2D eigenvalue weighted by molar-refractivity contribution is 5.76. The lowest BCUT2D eigenvalue weighted by molar-refractivity contribution is -0.123. The van der Waals surface area contributed by atoms with Crippen LogP contribution >= 0.6 is 0 Å². The van der Waals surface area contributed by atoms with Gasteiger partial charge in [-0.2, -0.15) is 0 Å². The Morgan fingerprint density at radius 1 is 1.47 bits per heavy atom. The third-order valence-corrected chi connectivity index (χ3v) is 2.40. The maximum absolute atomic E-state index is 11.9. The van der Waals surface area contributed by atoms with Crippen LogP contribution < -0.4 is 10.6 Å². The quantitative estimate of drug-likeness (QED) is 0.708. The summed E-state index contributed by atoms with van der Waals surface area (Å²) in [6, 6.07) is 0. The monoisotopic (exact) mass is 268 g/mol. The van der Waals surface area contributed by atoms with Crippen molar-refractivity contribution in [2.75, 3.05) is 20.3 Å². The molecule has 1 aromatic heterocycles. The van der Waals surface area contributed by atoms with Crippen molar-refractivity contribution in [3.05, 3.63) is 18.2 Å². The lowest BCUT2D eigenvalue weighted by Gasteiger charge is -2.21. The fourth-order valence-corrected chi connectivity index (χ4v) is 1.64. The van der Waals surface area contributed by atoms with Crippen LogP contribution in [0.4, 0.5) is 0 Å². The Morgan fingerprint density at radius 2 is 2.21 bits per heavy atom. The van der Waals surface area contributed by atoms with E-state index in [9.17, 15) is 4.79 Å². The van der Waals surface area contributed by atoms with Crippen molar-refractivity contribution < 1.29 is 9.53 Å². The van der Waals surface area contributed by atoms with Gasteiger partial charge in [-0.1, -0.05) is 0 Å². The average molecular weight is 268 g/mol. The van der Waals surface area contributed by atoms with E-state index in [-0.39, 0.29) is 11.4 Å². The second kappa shape index (κ2) is 7.25. The lowest BCUT2D eigenvalue weighted by Crippen LogP contribution is -2.42. The highest BCUT2D eigenvalue weighted by Crippen LogP contribution is 2.01. The van der Waals surface area contributed by atoms with Crippen LogP contribution in [0.2, 0.25) is 0 Å². The van der Waals surface area contributed by atoms with Gasteiger partial charge in [0.15, 0.2) is 0 Å². The molecule has 6 heteroatoms. The van der Waals surface area contributed by atoms with E-state index in [1.165, 1.54) is 0 Å². The van der Waals surface area contributed by atoms with Gasteiger partial charge in [-0.05, 0) is 20.8 Å². The largest absolute Gasteiger partial charge is 0.383 e. The van der Waals surface area contributed by atoms with Gasteiger partial charge in [0.1, 0.15) is 12.4 Å². The minimum absolute atomic E-state index is 0.0105. The Kier molecular flexibility index (Phi) is 5.98. The van der Waals surface area contributed by atoms with E-state index >= 15 is 0 Å². The van der Waals surface area contributed by atoms with Crippen LogP contribution in [0, 0.1) is 0 Å². The molecule has 0 unspecified atom stereocenters. The number of ether oxygens (including phenoxy) is 1. The van der Waals surface area contributed by atoms with Crippen molar-refractivity contribution in [2.24, 2.45) is 0 Å². The molecule has 0 radical (unpaired) electrons. The second-order valence-electron chi connectivity index (χ2n) is 5.44. The van der Waals surface area contributed by atoms with Crippen LogP contribution in [-0.4, -0.2) is 41.3 Å². The molecule has 1 heterocycles.